The number of sulfonamides is 1. The number of nitrogens with one attached hydrogen (secondary N) is 1. The molecule has 2 heterocycles. The number of rotatable bonds is 8. The van der Waals surface area contributed by atoms with E-state index in [2.05, 4.69) is 44.4 Å². The summed E-state index contributed by atoms with van der Waals surface area (Å²) in [6.07, 6.45) is 2.35. The second kappa shape index (κ2) is 10.4. The van der Waals surface area contributed by atoms with Gasteiger partial charge in [-0.3, -0.25) is 4.99 Å². The molecule has 9 nitrogen and oxygen atoms in total. The van der Waals surface area contributed by atoms with E-state index in [9.17, 15) is 8.42 Å². The van der Waals surface area contributed by atoms with Crippen LogP contribution in [0.5, 0.6) is 0 Å². The molecule has 1 N–H and O–H groups in total. The molecule has 1 aromatic carbocycles. The van der Waals surface area contributed by atoms with Gasteiger partial charge in [0.1, 0.15) is 12.0 Å². The molecule has 1 saturated heterocycles. The number of para-hydroxylation sites is 1. The van der Waals surface area contributed by atoms with Crippen LogP contribution < -0.4 is 10.2 Å². The van der Waals surface area contributed by atoms with Crippen molar-refractivity contribution >= 4 is 21.7 Å². The molecule has 1 aromatic heterocycles. The third-order valence-electron chi connectivity index (χ3n) is 5.12. The van der Waals surface area contributed by atoms with Crippen molar-refractivity contribution in [3.05, 3.63) is 48.4 Å². The summed E-state index contributed by atoms with van der Waals surface area (Å²) in [5, 5.41) is 7.10. The summed E-state index contributed by atoms with van der Waals surface area (Å²) in [5.41, 5.74) is 1.63. The minimum Gasteiger partial charge on any atom is -0.375 e. The second-order valence-corrected chi connectivity index (χ2v) is 9.19. The fourth-order valence-corrected chi connectivity index (χ4v) is 4.85. The number of aliphatic imine (C=N–C) groups is 1. The molecule has 30 heavy (non-hydrogen) atoms. The van der Waals surface area contributed by atoms with Crippen molar-refractivity contribution in [1.82, 2.24) is 19.7 Å². The van der Waals surface area contributed by atoms with E-state index in [-0.39, 0.29) is 5.75 Å². The normalized spacial score (nSPS) is 15.9. The Morgan fingerprint density at radius 1 is 1.20 bits per heavy atom. The topological polar surface area (TPSA) is 94.3 Å². The molecule has 10 heteroatoms. The number of anilines is 1. The standard InChI is InChI=1S/C20H30N6O3S/c1-21-20(22-10-6-11-24(2)19-7-4-3-5-8-19)25-12-14-26(15-13-25)30(27,28)17-18-9-16-29-23-18/h3-5,7-9,16H,6,10-15,17H2,1-2H3,(H,21,22). The summed E-state index contributed by atoms with van der Waals surface area (Å²) < 4.78 is 31.4. The predicted molar refractivity (Wildman–Crippen MR) is 118 cm³/mol. The van der Waals surface area contributed by atoms with E-state index in [1.165, 1.54) is 16.3 Å². The van der Waals surface area contributed by atoms with Crippen molar-refractivity contribution in [2.45, 2.75) is 12.2 Å². The summed E-state index contributed by atoms with van der Waals surface area (Å²) in [6.45, 7) is 3.79. The zero-order chi connectivity index (χ0) is 21.4. The highest BCUT2D eigenvalue weighted by Gasteiger charge is 2.28. The average molecular weight is 435 g/mol. The van der Waals surface area contributed by atoms with Crippen molar-refractivity contribution in [2.24, 2.45) is 4.99 Å². The molecule has 0 atom stereocenters. The van der Waals surface area contributed by atoms with E-state index in [0.717, 1.165) is 25.5 Å². The van der Waals surface area contributed by atoms with Crippen LogP contribution in [-0.4, -0.2) is 82.1 Å². The Bertz CT molecular complexity index is 894. The van der Waals surface area contributed by atoms with Gasteiger partial charge in [0.2, 0.25) is 10.0 Å². The van der Waals surface area contributed by atoms with Crippen LogP contribution >= 0.6 is 0 Å². The van der Waals surface area contributed by atoms with Gasteiger partial charge in [-0.15, -0.1) is 0 Å². The molecule has 0 spiro atoms. The first-order valence-electron chi connectivity index (χ1n) is 10.1. The predicted octanol–water partition coefficient (Wildman–Crippen LogP) is 1.22. The Morgan fingerprint density at radius 2 is 1.93 bits per heavy atom. The second-order valence-electron chi connectivity index (χ2n) is 7.22. The molecule has 0 radical (unpaired) electrons. The monoisotopic (exact) mass is 434 g/mol. The highest BCUT2D eigenvalue weighted by molar-refractivity contribution is 7.88. The van der Waals surface area contributed by atoms with E-state index in [0.29, 0.717) is 31.9 Å². The lowest BCUT2D eigenvalue weighted by Crippen LogP contribution is -2.54. The maximum Gasteiger partial charge on any atom is 0.220 e. The van der Waals surface area contributed by atoms with Crippen LogP contribution in [0, 0.1) is 0 Å². The number of benzene rings is 1. The zero-order valence-electron chi connectivity index (χ0n) is 17.6. The van der Waals surface area contributed by atoms with Gasteiger partial charge in [0.05, 0.1) is 5.69 Å². The summed E-state index contributed by atoms with van der Waals surface area (Å²) in [5.74, 6) is 0.678. The average Bonchev–Trinajstić information content (AvgIpc) is 3.27. The first-order valence-corrected chi connectivity index (χ1v) is 11.7. The van der Waals surface area contributed by atoms with Crippen LogP contribution in [0.1, 0.15) is 12.1 Å². The minimum absolute atomic E-state index is 0.134. The molecular weight excluding hydrogens is 404 g/mol. The lowest BCUT2D eigenvalue weighted by atomic mass is 10.3. The van der Waals surface area contributed by atoms with Gasteiger partial charge in [0.15, 0.2) is 5.96 Å². The quantitative estimate of drug-likeness (QED) is 0.379. The van der Waals surface area contributed by atoms with Crippen LogP contribution in [0.2, 0.25) is 0 Å². The van der Waals surface area contributed by atoms with Crippen molar-refractivity contribution in [2.75, 3.05) is 58.3 Å². The molecule has 0 saturated carbocycles. The molecule has 2 aromatic rings. The van der Waals surface area contributed by atoms with Gasteiger partial charge in [-0.1, -0.05) is 23.4 Å². The number of nitrogens with zero attached hydrogens (tertiary/aromatic N) is 5. The highest BCUT2D eigenvalue weighted by Crippen LogP contribution is 2.13. The molecule has 0 bridgehead atoms. The van der Waals surface area contributed by atoms with Crippen molar-refractivity contribution < 1.29 is 12.9 Å². The van der Waals surface area contributed by atoms with Crippen molar-refractivity contribution in [1.29, 1.82) is 0 Å². The molecule has 3 rings (SSSR count). The molecular formula is C20H30N6O3S. The summed E-state index contributed by atoms with van der Waals surface area (Å²) >= 11 is 0. The smallest absolute Gasteiger partial charge is 0.220 e. The fourth-order valence-electron chi connectivity index (χ4n) is 3.43. The highest BCUT2D eigenvalue weighted by atomic mass is 32.2. The van der Waals surface area contributed by atoms with E-state index in [4.69, 9.17) is 4.52 Å². The Kier molecular flexibility index (Phi) is 7.69. The Hall–Kier alpha value is -2.59. The number of hydrogen-bond donors (Lipinski definition) is 1. The zero-order valence-corrected chi connectivity index (χ0v) is 18.4. The maximum absolute atomic E-state index is 12.6. The van der Waals surface area contributed by atoms with Crippen molar-refractivity contribution in [3.8, 4) is 0 Å². The Morgan fingerprint density at radius 3 is 2.57 bits per heavy atom. The van der Waals surface area contributed by atoms with Crippen LogP contribution in [-0.2, 0) is 15.8 Å². The lowest BCUT2D eigenvalue weighted by molar-refractivity contribution is 0.260. The SMILES string of the molecule is CN=C(NCCCN(C)c1ccccc1)N1CCN(S(=O)(=O)Cc2ccon2)CC1. The lowest BCUT2D eigenvalue weighted by Gasteiger charge is -2.35. The van der Waals surface area contributed by atoms with E-state index >= 15 is 0 Å². The van der Waals surface area contributed by atoms with Crippen LogP contribution in [0.25, 0.3) is 0 Å². The van der Waals surface area contributed by atoms with Gasteiger partial charge in [0, 0.05) is 65.1 Å². The summed E-state index contributed by atoms with van der Waals surface area (Å²) in [6, 6.07) is 11.9. The first-order chi connectivity index (χ1) is 14.5. The molecule has 1 aliphatic rings. The number of piperazine rings is 1. The van der Waals surface area contributed by atoms with E-state index < -0.39 is 10.0 Å². The fraction of sp³-hybridized carbons (Fsp3) is 0.500. The van der Waals surface area contributed by atoms with E-state index in [1.54, 1.807) is 13.1 Å². The molecule has 164 valence electrons. The van der Waals surface area contributed by atoms with Gasteiger partial charge in [-0.2, -0.15) is 4.31 Å². The number of hydrogen-bond acceptors (Lipinski definition) is 6. The van der Waals surface area contributed by atoms with Gasteiger partial charge in [-0.25, -0.2) is 8.42 Å². The number of aromatic nitrogens is 1. The first kappa shape index (κ1) is 22.1. The van der Waals surface area contributed by atoms with Gasteiger partial charge >= 0.3 is 0 Å². The van der Waals surface area contributed by atoms with Gasteiger partial charge in [0.25, 0.3) is 0 Å². The summed E-state index contributed by atoms with van der Waals surface area (Å²) in [7, 11) is 0.442. The third kappa shape index (κ3) is 5.96. The number of guanidine groups is 1. The summed E-state index contributed by atoms with van der Waals surface area (Å²) in [4.78, 5) is 8.69. The molecule has 0 aliphatic carbocycles. The molecule has 1 aliphatic heterocycles. The van der Waals surface area contributed by atoms with Crippen LogP contribution in [0.4, 0.5) is 5.69 Å². The molecule has 1 fully saturated rings. The molecule has 0 amide bonds. The molecule has 0 unspecified atom stereocenters. The Labute approximate surface area is 178 Å². The van der Waals surface area contributed by atoms with Crippen molar-refractivity contribution in [3.63, 3.8) is 0 Å². The van der Waals surface area contributed by atoms with Crippen LogP contribution in [0.3, 0.4) is 0 Å². The maximum atomic E-state index is 12.6. The minimum atomic E-state index is -3.40. The van der Waals surface area contributed by atoms with Gasteiger partial charge < -0.3 is 19.6 Å². The Balaban J connectivity index is 1.41. The largest absolute Gasteiger partial charge is 0.375 e. The van der Waals surface area contributed by atoms with E-state index in [1.807, 2.05) is 18.2 Å². The van der Waals surface area contributed by atoms with Gasteiger partial charge in [-0.05, 0) is 18.6 Å². The third-order valence-corrected chi connectivity index (χ3v) is 6.93. The van der Waals surface area contributed by atoms with Crippen LogP contribution in [0.15, 0.2) is 52.2 Å².